The molecule has 0 atom stereocenters. The first kappa shape index (κ1) is 19.5. The number of amidine groups is 1. The Bertz CT molecular complexity index is 1030. The minimum atomic E-state index is -0.619. The zero-order valence-electron chi connectivity index (χ0n) is 15.1. The van der Waals surface area contributed by atoms with E-state index in [1.54, 1.807) is 13.0 Å². The zero-order valence-corrected chi connectivity index (χ0v) is 15.9. The van der Waals surface area contributed by atoms with Gasteiger partial charge in [0.25, 0.3) is 5.91 Å². The first-order chi connectivity index (χ1) is 13.5. The van der Waals surface area contributed by atoms with Crippen LogP contribution in [0.1, 0.15) is 11.1 Å². The van der Waals surface area contributed by atoms with Crippen molar-refractivity contribution in [3.8, 4) is 11.1 Å². The van der Waals surface area contributed by atoms with E-state index in [1.807, 2.05) is 30.3 Å². The van der Waals surface area contributed by atoms with E-state index in [2.05, 4.69) is 20.3 Å². The normalized spacial score (nSPS) is 16.8. The van der Waals surface area contributed by atoms with Crippen LogP contribution >= 0.6 is 11.8 Å². The van der Waals surface area contributed by atoms with E-state index in [-0.39, 0.29) is 15.9 Å². The van der Waals surface area contributed by atoms with Gasteiger partial charge in [-0.05, 0) is 53.1 Å². The Morgan fingerprint density at radius 2 is 2.00 bits per heavy atom. The van der Waals surface area contributed by atoms with Gasteiger partial charge in [0, 0.05) is 6.08 Å². The van der Waals surface area contributed by atoms with Gasteiger partial charge in [-0.1, -0.05) is 30.3 Å². The lowest BCUT2D eigenvalue weighted by atomic mass is 10.0. The smallest absolute Gasteiger partial charge is 0.331 e. The molecule has 0 radical (unpaired) electrons. The molecule has 3 rings (SSSR count). The number of thioether (sulfide) groups is 1. The lowest BCUT2D eigenvalue weighted by molar-refractivity contribution is -0.135. The summed E-state index contributed by atoms with van der Waals surface area (Å²) in [6, 6.07) is 12.5. The van der Waals surface area contributed by atoms with Crippen LogP contribution in [0.25, 0.3) is 11.1 Å². The number of amides is 1. The average Bonchev–Trinajstić information content (AvgIpc) is 3.03. The maximum Gasteiger partial charge on any atom is 0.331 e. The molecule has 1 aliphatic heterocycles. The van der Waals surface area contributed by atoms with Gasteiger partial charge >= 0.3 is 5.97 Å². The third-order valence-electron chi connectivity index (χ3n) is 3.85. The maximum absolute atomic E-state index is 13.8. The highest BCUT2D eigenvalue weighted by Crippen LogP contribution is 2.24. The third kappa shape index (κ3) is 4.72. The van der Waals surface area contributed by atoms with Crippen LogP contribution in [-0.2, 0) is 14.3 Å². The second kappa shape index (κ2) is 8.62. The second-order valence-corrected chi connectivity index (χ2v) is 6.86. The number of hydrogen-bond donors (Lipinski definition) is 1. The molecule has 1 amide bonds. The molecule has 2 aromatic rings. The van der Waals surface area contributed by atoms with Crippen molar-refractivity contribution in [2.24, 2.45) is 10.2 Å². The fourth-order valence-electron chi connectivity index (χ4n) is 2.36. The van der Waals surface area contributed by atoms with E-state index < -0.39 is 11.9 Å². The van der Waals surface area contributed by atoms with E-state index >= 15 is 0 Å². The second-order valence-electron chi connectivity index (χ2n) is 5.83. The Labute approximate surface area is 165 Å². The van der Waals surface area contributed by atoms with Gasteiger partial charge in [0.05, 0.1) is 18.2 Å². The monoisotopic (exact) mass is 397 g/mol. The number of aryl methyl sites for hydroxylation is 1. The van der Waals surface area contributed by atoms with E-state index in [0.29, 0.717) is 5.56 Å². The Hall–Kier alpha value is -3.26. The standard InChI is InChI=1S/C20H16FN3O3S/c1-12-6-7-15(9-16(12)21)14-5-3-4-13(8-14)11-22-24-20-23-19(26)17(28-20)10-18(25)27-2/h3-11H,1-2H3,(H,23,24,26)/b17-10+,22-11?. The lowest BCUT2D eigenvalue weighted by Gasteiger charge is -2.04. The first-order valence-corrected chi connectivity index (χ1v) is 9.04. The van der Waals surface area contributed by atoms with Crippen LogP contribution in [0.3, 0.4) is 0 Å². The molecular formula is C20H16FN3O3S. The molecule has 1 fully saturated rings. The maximum atomic E-state index is 13.8. The molecule has 1 N–H and O–H groups in total. The number of rotatable bonds is 4. The zero-order chi connectivity index (χ0) is 20.1. The molecule has 8 heteroatoms. The number of methoxy groups -OCH3 is 1. The summed E-state index contributed by atoms with van der Waals surface area (Å²) in [5, 5.41) is 10.7. The van der Waals surface area contributed by atoms with Crippen LogP contribution in [0, 0.1) is 12.7 Å². The summed E-state index contributed by atoms with van der Waals surface area (Å²) in [7, 11) is 1.23. The fraction of sp³-hybridized carbons (Fsp3) is 0.100. The lowest BCUT2D eigenvalue weighted by Crippen LogP contribution is -2.19. The van der Waals surface area contributed by atoms with Crippen molar-refractivity contribution >= 4 is 35.0 Å². The summed E-state index contributed by atoms with van der Waals surface area (Å²) in [4.78, 5) is 23.2. The summed E-state index contributed by atoms with van der Waals surface area (Å²) in [6.07, 6.45) is 2.62. The number of esters is 1. The largest absolute Gasteiger partial charge is 0.466 e. The Morgan fingerprint density at radius 1 is 1.21 bits per heavy atom. The predicted molar refractivity (Wildman–Crippen MR) is 107 cm³/mol. The molecular weight excluding hydrogens is 381 g/mol. The number of benzene rings is 2. The number of ether oxygens (including phenoxy) is 1. The van der Waals surface area contributed by atoms with Crippen molar-refractivity contribution in [2.45, 2.75) is 6.92 Å². The Kier molecular flexibility index (Phi) is 6.00. The predicted octanol–water partition coefficient (Wildman–Crippen LogP) is 3.41. The van der Waals surface area contributed by atoms with Gasteiger partial charge in [-0.2, -0.15) is 5.10 Å². The summed E-state index contributed by atoms with van der Waals surface area (Å²) < 4.78 is 18.3. The van der Waals surface area contributed by atoms with Crippen LogP contribution in [0.2, 0.25) is 0 Å². The van der Waals surface area contributed by atoms with Crippen LogP contribution in [0.5, 0.6) is 0 Å². The Morgan fingerprint density at radius 3 is 2.75 bits per heavy atom. The molecule has 0 unspecified atom stereocenters. The van der Waals surface area contributed by atoms with Gasteiger partial charge in [-0.15, -0.1) is 5.10 Å². The third-order valence-corrected chi connectivity index (χ3v) is 4.75. The molecule has 0 aliphatic carbocycles. The van der Waals surface area contributed by atoms with Crippen molar-refractivity contribution in [3.63, 3.8) is 0 Å². The molecule has 28 heavy (non-hydrogen) atoms. The van der Waals surface area contributed by atoms with Gasteiger partial charge in [-0.3, -0.25) is 10.1 Å². The summed E-state index contributed by atoms with van der Waals surface area (Å²) in [6.45, 7) is 1.72. The van der Waals surface area contributed by atoms with Crippen molar-refractivity contribution < 1.29 is 18.7 Å². The van der Waals surface area contributed by atoms with Gasteiger partial charge in [-0.25, -0.2) is 9.18 Å². The summed E-state index contributed by atoms with van der Waals surface area (Å²) in [5.74, 6) is -1.31. The molecule has 142 valence electrons. The van der Waals surface area contributed by atoms with Crippen molar-refractivity contribution in [1.29, 1.82) is 0 Å². The van der Waals surface area contributed by atoms with E-state index in [9.17, 15) is 14.0 Å². The minimum absolute atomic E-state index is 0.184. The average molecular weight is 397 g/mol. The first-order valence-electron chi connectivity index (χ1n) is 8.23. The number of carbonyl (C=O) groups excluding carboxylic acids is 2. The minimum Gasteiger partial charge on any atom is -0.466 e. The molecule has 2 aromatic carbocycles. The van der Waals surface area contributed by atoms with Crippen molar-refractivity contribution in [2.75, 3.05) is 7.11 Å². The van der Waals surface area contributed by atoms with Gasteiger partial charge in [0.1, 0.15) is 5.82 Å². The number of nitrogens with one attached hydrogen (secondary N) is 1. The number of hydrogen-bond acceptors (Lipinski definition) is 6. The summed E-state index contributed by atoms with van der Waals surface area (Å²) in [5.41, 5.74) is 2.97. The highest BCUT2D eigenvalue weighted by molar-refractivity contribution is 8.18. The molecule has 1 aliphatic rings. The molecule has 0 bridgehead atoms. The van der Waals surface area contributed by atoms with Crippen LogP contribution in [-0.4, -0.2) is 30.4 Å². The van der Waals surface area contributed by atoms with Crippen LogP contribution < -0.4 is 5.32 Å². The molecule has 0 spiro atoms. The number of nitrogens with zero attached hydrogens (tertiary/aromatic N) is 2. The van der Waals surface area contributed by atoms with E-state index in [0.717, 1.165) is 34.5 Å². The van der Waals surface area contributed by atoms with E-state index in [4.69, 9.17) is 0 Å². The van der Waals surface area contributed by atoms with Gasteiger partial charge in [0.2, 0.25) is 0 Å². The topological polar surface area (TPSA) is 80.1 Å². The molecule has 0 aromatic heterocycles. The van der Waals surface area contributed by atoms with Crippen LogP contribution in [0.15, 0.2) is 63.6 Å². The molecule has 0 saturated carbocycles. The van der Waals surface area contributed by atoms with Gasteiger partial charge < -0.3 is 4.74 Å². The quantitative estimate of drug-likeness (QED) is 0.371. The van der Waals surface area contributed by atoms with Crippen molar-refractivity contribution in [1.82, 2.24) is 5.32 Å². The molecule has 6 nitrogen and oxygen atoms in total. The van der Waals surface area contributed by atoms with E-state index in [1.165, 1.54) is 19.4 Å². The highest BCUT2D eigenvalue weighted by atomic mass is 32.2. The van der Waals surface area contributed by atoms with Gasteiger partial charge in [0.15, 0.2) is 5.17 Å². The number of carbonyl (C=O) groups is 2. The summed E-state index contributed by atoms with van der Waals surface area (Å²) >= 11 is 0.995. The SMILES string of the molecule is COC(=O)/C=C1/S/C(=N\N=Cc2cccc(-c3ccc(C)c(F)c3)c2)NC1=O. The van der Waals surface area contributed by atoms with Crippen molar-refractivity contribution in [3.05, 3.63) is 70.4 Å². The van der Waals surface area contributed by atoms with Crippen LogP contribution in [0.4, 0.5) is 4.39 Å². The molecule has 1 saturated heterocycles. The fourth-order valence-corrected chi connectivity index (χ4v) is 3.10. The molecule has 1 heterocycles. The highest BCUT2D eigenvalue weighted by Gasteiger charge is 2.24. The number of halogens is 1. The Balaban J connectivity index is 1.74.